The van der Waals surface area contributed by atoms with Crippen molar-refractivity contribution in [2.45, 2.75) is 31.8 Å². The maximum absolute atomic E-state index is 14.0. The van der Waals surface area contributed by atoms with Gasteiger partial charge >= 0.3 is 0 Å². The zero-order valence-electron chi connectivity index (χ0n) is 20.3. The van der Waals surface area contributed by atoms with Crippen LogP contribution in [0.25, 0.3) is 0 Å². The highest BCUT2D eigenvalue weighted by Crippen LogP contribution is 2.30. The van der Waals surface area contributed by atoms with Gasteiger partial charge in [0, 0.05) is 31.7 Å². The molecule has 0 aliphatic carbocycles. The maximum Gasteiger partial charge on any atom is 0.215 e. The number of carbonyl (C=O) groups excluding carboxylic acids is 1. The van der Waals surface area contributed by atoms with Gasteiger partial charge in [0.25, 0.3) is 0 Å². The van der Waals surface area contributed by atoms with Gasteiger partial charge in [-0.15, -0.1) is 0 Å². The molecule has 4 rings (SSSR count). The normalized spacial score (nSPS) is 16.0. The predicted molar refractivity (Wildman–Crippen MR) is 141 cm³/mol. The third kappa shape index (κ3) is 6.50. The summed E-state index contributed by atoms with van der Waals surface area (Å²) in [6.07, 6.45) is 1.08. The van der Waals surface area contributed by atoms with Crippen molar-refractivity contribution in [3.8, 4) is 0 Å². The smallest absolute Gasteiger partial charge is 0.215 e. The molecule has 0 bridgehead atoms. The van der Waals surface area contributed by atoms with Gasteiger partial charge < -0.3 is 16.4 Å². The Labute approximate surface area is 219 Å². The monoisotopic (exact) mass is 549 g/mol. The van der Waals surface area contributed by atoms with Crippen LogP contribution in [0.4, 0.5) is 19.7 Å². The van der Waals surface area contributed by atoms with Gasteiger partial charge in [-0.25, -0.2) is 26.5 Å². The molecule has 0 unspecified atom stereocenters. The van der Waals surface area contributed by atoms with E-state index in [0.29, 0.717) is 37.6 Å². The van der Waals surface area contributed by atoms with Crippen LogP contribution < -0.4 is 16.4 Å². The summed E-state index contributed by atoms with van der Waals surface area (Å²) in [6.45, 7) is 3.04. The molecule has 1 aliphatic heterocycles. The molecule has 37 heavy (non-hydrogen) atoms. The van der Waals surface area contributed by atoms with Crippen LogP contribution in [0.5, 0.6) is 0 Å². The Morgan fingerprint density at radius 2 is 1.78 bits per heavy atom. The van der Waals surface area contributed by atoms with Crippen LogP contribution in [0.15, 0.2) is 48.5 Å². The number of hydrogen-bond donors (Lipinski definition) is 3. The van der Waals surface area contributed by atoms with E-state index in [4.69, 9.17) is 5.73 Å². The number of nitrogen functional groups attached to an aromatic ring is 1. The van der Waals surface area contributed by atoms with E-state index in [1.807, 2.05) is 37.3 Å². The molecule has 12 heteroatoms. The van der Waals surface area contributed by atoms with Crippen LogP contribution in [-0.2, 0) is 10.0 Å². The summed E-state index contributed by atoms with van der Waals surface area (Å²) in [6, 6.07) is 13.0. The third-order valence-electron chi connectivity index (χ3n) is 6.33. The van der Waals surface area contributed by atoms with E-state index >= 15 is 0 Å². The number of ketones is 1. The summed E-state index contributed by atoms with van der Waals surface area (Å²) in [5, 5.41) is 6.78. The summed E-state index contributed by atoms with van der Waals surface area (Å²) >= 11 is 0.922. The molecule has 1 fully saturated rings. The van der Waals surface area contributed by atoms with Crippen LogP contribution in [0.3, 0.4) is 0 Å². The summed E-state index contributed by atoms with van der Waals surface area (Å²) < 4.78 is 55.2. The molecule has 8 nitrogen and oxygen atoms in total. The number of carbonyl (C=O) groups is 1. The number of halogens is 2. The lowest BCUT2D eigenvalue weighted by atomic mass is 10.1. The largest absolute Gasteiger partial charge is 0.382 e. The highest BCUT2D eigenvalue weighted by Gasteiger charge is 2.29. The van der Waals surface area contributed by atoms with Crippen molar-refractivity contribution in [1.29, 1.82) is 0 Å². The lowest BCUT2D eigenvalue weighted by molar-refractivity contribution is 0.103. The third-order valence-corrected chi connectivity index (χ3v) is 9.21. The Hall–Kier alpha value is -2.93. The van der Waals surface area contributed by atoms with Crippen molar-refractivity contribution >= 4 is 38.1 Å². The number of benzene rings is 2. The first kappa shape index (κ1) is 27.1. The number of sulfonamides is 1. The number of piperidine rings is 1. The Morgan fingerprint density at radius 1 is 1.14 bits per heavy atom. The summed E-state index contributed by atoms with van der Waals surface area (Å²) in [4.78, 5) is 16.8. The number of rotatable bonds is 10. The predicted octanol–water partition coefficient (Wildman–Crippen LogP) is 3.79. The van der Waals surface area contributed by atoms with Gasteiger partial charge in [0.1, 0.15) is 22.3 Å². The van der Waals surface area contributed by atoms with E-state index in [1.165, 1.54) is 10.4 Å². The van der Waals surface area contributed by atoms with E-state index in [0.717, 1.165) is 29.0 Å². The van der Waals surface area contributed by atoms with Crippen LogP contribution in [0.2, 0.25) is 0 Å². The molecule has 3 aromatic rings. The maximum atomic E-state index is 14.0. The molecule has 0 saturated carbocycles. The standard InChI is InChI=1S/C25H29F2N5O3S2/c1-16(17-6-3-2-4-7-17)29-12-15-37(34,35)32-13-10-18(11-14-32)30-25-31-24(28)23(36-25)22(33)21-19(26)8-5-9-20(21)27/h2-9,16,18,29H,10-15,28H2,1H3,(H,30,31)/t16-/m0/s1. The van der Waals surface area contributed by atoms with Crippen molar-refractivity contribution in [3.05, 3.63) is 76.2 Å². The van der Waals surface area contributed by atoms with E-state index in [9.17, 15) is 22.0 Å². The number of nitrogens with zero attached hydrogens (tertiary/aromatic N) is 2. The lowest BCUT2D eigenvalue weighted by Gasteiger charge is -2.31. The minimum Gasteiger partial charge on any atom is -0.382 e. The summed E-state index contributed by atoms with van der Waals surface area (Å²) in [7, 11) is -3.42. The molecule has 1 atom stereocenters. The fourth-order valence-corrected chi connectivity index (χ4v) is 6.54. The van der Waals surface area contributed by atoms with Crippen molar-refractivity contribution < 1.29 is 22.0 Å². The molecule has 2 aromatic carbocycles. The summed E-state index contributed by atoms with van der Waals surface area (Å²) in [5.41, 5.74) is 6.29. The Balaban J connectivity index is 1.29. The zero-order chi connectivity index (χ0) is 26.6. The van der Waals surface area contributed by atoms with Gasteiger partial charge in [-0.1, -0.05) is 47.7 Å². The molecule has 1 aliphatic rings. The fraction of sp³-hybridized carbons (Fsp3) is 0.360. The molecule has 198 valence electrons. The van der Waals surface area contributed by atoms with E-state index in [1.54, 1.807) is 0 Å². The van der Waals surface area contributed by atoms with Crippen LogP contribution in [-0.4, -0.2) is 54.9 Å². The van der Waals surface area contributed by atoms with Crippen LogP contribution >= 0.6 is 11.3 Å². The second-order valence-corrected chi connectivity index (χ2v) is 12.0. The van der Waals surface area contributed by atoms with E-state index in [-0.39, 0.29) is 28.5 Å². The van der Waals surface area contributed by atoms with Crippen LogP contribution in [0, 0.1) is 11.6 Å². The van der Waals surface area contributed by atoms with Crippen molar-refractivity contribution in [3.63, 3.8) is 0 Å². The number of hydrogen-bond acceptors (Lipinski definition) is 8. The Bertz CT molecular complexity index is 1320. The van der Waals surface area contributed by atoms with Gasteiger partial charge in [0.05, 0.1) is 11.3 Å². The van der Waals surface area contributed by atoms with Gasteiger partial charge in [-0.05, 0) is 37.5 Å². The minimum absolute atomic E-state index is 0.00333. The summed E-state index contributed by atoms with van der Waals surface area (Å²) in [5.74, 6) is -2.91. The minimum atomic E-state index is -3.42. The number of nitrogens with two attached hydrogens (primary N) is 1. The number of nitrogens with one attached hydrogen (secondary N) is 2. The fourth-order valence-electron chi connectivity index (χ4n) is 4.23. The second-order valence-electron chi connectivity index (χ2n) is 8.88. The zero-order valence-corrected chi connectivity index (χ0v) is 21.9. The molecule has 0 radical (unpaired) electrons. The molecular formula is C25H29F2N5O3S2. The SMILES string of the molecule is C[C@H](NCCS(=O)(=O)N1CCC(Nc2nc(N)c(C(=O)c3c(F)cccc3F)s2)CC1)c1ccccc1. The highest BCUT2D eigenvalue weighted by atomic mass is 32.2. The lowest BCUT2D eigenvalue weighted by Crippen LogP contribution is -2.44. The Kier molecular flexibility index (Phi) is 8.53. The molecule has 4 N–H and O–H groups in total. The van der Waals surface area contributed by atoms with Crippen LogP contribution in [0.1, 0.15) is 46.6 Å². The topological polar surface area (TPSA) is 117 Å². The van der Waals surface area contributed by atoms with Crippen molar-refractivity contribution in [2.75, 3.05) is 36.4 Å². The first-order valence-electron chi connectivity index (χ1n) is 11.9. The quantitative estimate of drug-likeness (QED) is 0.330. The van der Waals surface area contributed by atoms with E-state index < -0.39 is 33.0 Å². The molecule has 1 saturated heterocycles. The van der Waals surface area contributed by atoms with Gasteiger partial charge in [0.15, 0.2) is 5.13 Å². The van der Waals surface area contributed by atoms with E-state index in [2.05, 4.69) is 15.6 Å². The Morgan fingerprint density at radius 3 is 2.43 bits per heavy atom. The van der Waals surface area contributed by atoms with Gasteiger partial charge in [-0.2, -0.15) is 0 Å². The molecule has 0 amide bonds. The molecule has 2 heterocycles. The first-order valence-corrected chi connectivity index (χ1v) is 14.4. The molecular weight excluding hydrogens is 520 g/mol. The number of thiazole rings is 1. The van der Waals surface area contributed by atoms with Crippen molar-refractivity contribution in [1.82, 2.24) is 14.6 Å². The molecule has 0 spiro atoms. The van der Waals surface area contributed by atoms with Crippen molar-refractivity contribution in [2.24, 2.45) is 0 Å². The second kappa shape index (κ2) is 11.6. The van der Waals surface area contributed by atoms with Gasteiger partial charge in [0.2, 0.25) is 15.8 Å². The average Bonchev–Trinajstić information content (AvgIpc) is 3.24. The first-order chi connectivity index (χ1) is 17.7. The van der Waals surface area contributed by atoms with Gasteiger partial charge in [-0.3, -0.25) is 4.79 Å². The highest BCUT2D eigenvalue weighted by molar-refractivity contribution is 7.89. The molecule has 1 aromatic heterocycles. The number of aromatic nitrogens is 1. The number of anilines is 2. The average molecular weight is 550 g/mol.